The highest BCUT2D eigenvalue weighted by molar-refractivity contribution is 6.36. The first kappa shape index (κ1) is 24.2. The average Bonchev–Trinajstić information content (AvgIpc) is 3.24. The molecular weight excluding hydrogens is 451 g/mol. The number of amides is 2. The van der Waals surface area contributed by atoms with Gasteiger partial charge in [-0.25, -0.2) is 0 Å². The van der Waals surface area contributed by atoms with Crippen molar-refractivity contribution in [3.8, 4) is 11.5 Å². The van der Waals surface area contributed by atoms with Crippen LogP contribution in [0.2, 0.25) is 10.0 Å². The number of aryl methyl sites for hydroxylation is 1. The van der Waals surface area contributed by atoms with E-state index in [0.29, 0.717) is 33.5 Å². The highest BCUT2D eigenvalue weighted by atomic mass is 35.5. The van der Waals surface area contributed by atoms with Crippen molar-refractivity contribution in [2.75, 3.05) is 6.79 Å². The van der Waals surface area contributed by atoms with Crippen molar-refractivity contribution in [2.45, 2.75) is 58.7 Å². The van der Waals surface area contributed by atoms with Gasteiger partial charge >= 0.3 is 0 Å². The number of hydrogen-bond acceptors (Lipinski definition) is 4. The summed E-state index contributed by atoms with van der Waals surface area (Å²) in [5, 5.41) is 3.87. The molecule has 1 N–H and O–H groups in total. The quantitative estimate of drug-likeness (QED) is 0.551. The molecule has 2 aromatic carbocycles. The summed E-state index contributed by atoms with van der Waals surface area (Å²) < 4.78 is 10.8. The fourth-order valence-corrected chi connectivity index (χ4v) is 3.91. The van der Waals surface area contributed by atoms with Gasteiger partial charge in [0.15, 0.2) is 11.5 Å². The molecule has 0 aliphatic carbocycles. The SMILES string of the molecule is CC[C@H](C)NC(=O)[C@H](C)N(Cc1c(Cl)cccc1Cl)C(=O)CCc1ccc2c(c1)OCO2. The van der Waals surface area contributed by atoms with E-state index in [0.717, 1.165) is 12.0 Å². The van der Waals surface area contributed by atoms with Crippen LogP contribution in [0.4, 0.5) is 0 Å². The Kier molecular flexibility index (Phi) is 8.26. The van der Waals surface area contributed by atoms with E-state index < -0.39 is 6.04 Å². The Morgan fingerprint density at radius 2 is 1.78 bits per heavy atom. The summed E-state index contributed by atoms with van der Waals surface area (Å²) in [6, 6.07) is 10.2. The van der Waals surface area contributed by atoms with Gasteiger partial charge in [-0.2, -0.15) is 0 Å². The smallest absolute Gasteiger partial charge is 0.242 e. The molecule has 1 aliphatic rings. The third-order valence-electron chi connectivity index (χ3n) is 5.62. The van der Waals surface area contributed by atoms with E-state index in [-0.39, 0.29) is 37.6 Å². The Morgan fingerprint density at radius 1 is 1.09 bits per heavy atom. The normalized spacial score (nSPS) is 14.0. The fraction of sp³-hybridized carbons (Fsp3) is 0.417. The third kappa shape index (κ3) is 5.87. The molecule has 0 saturated heterocycles. The van der Waals surface area contributed by atoms with E-state index in [9.17, 15) is 9.59 Å². The largest absolute Gasteiger partial charge is 0.454 e. The molecule has 0 radical (unpaired) electrons. The highest BCUT2D eigenvalue weighted by Gasteiger charge is 2.28. The van der Waals surface area contributed by atoms with Crippen molar-refractivity contribution in [3.05, 3.63) is 57.6 Å². The molecule has 6 nitrogen and oxygen atoms in total. The van der Waals surface area contributed by atoms with Crippen molar-refractivity contribution in [1.82, 2.24) is 10.2 Å². The van der Waals surface area contributed by atoms with E-state index in [1.54, 1.807) is 25.1 Å². The van der Waals surface area contributed by atoms with Gasteiger partial charge in [-0.3, -0.25) is 9.59 Å². The summed E-state index contributed by atoms with van der Waals surface area (Å²) in [4.78, 5) is 27.6. The van der Waals surface area contributed by atoms with E-state index in [1.807, 2.05) is 32.0 Å². The second-order valence-electron chi connectivity index (χ2n) is 7.90. The van der Waals surface area contributed by atoms with Crippen LogP contribution in [0, 0.1) is 0 Å². The van der Waals surface area contributed by atoms with Gasteiger partial charge in [0.1, 0.15) is 6.04 Å². The van der Waals surface area contributed by atoms with Crippen LogP contribution in [-0.4, -0.2) is 35.6 Å². The second kappa shape index (κ2) is 10.9. The number of benzene rings is 2. The third-order valence-corrected chi connectivity index (χ3v) is 6.33. The zero-order valence-corrected chi connectivity index (χ0v) is 20.0. The molecular formula is C24H28Cl2N2O4. The van der Waals surface area contributed by atoms with Gasteiger partial charge in [0.05, 0.1) is 0 Å². The molecule has 2 aromatic rings. The summed E-state index contributed by atoms with van der Waals surface area (Å²) >= 11 is 12.7. The molecule has 8 heteroatoms. The lowest BCUT2D eigenvalue weighted by Crippen LogP contribution is -2.49. The number of carbonyl (C=O) groups is 2. The number of nitrogens with one attached hydrogen (secondary N) is 1. The number of hydrogen-bond donors (Lipinski definition) is 1. The van der Waals surface area contributed by atoms with E-state index in [2.05, 4.69) is 5.32 Å². The topological polar surface area (TPSA) is 67.9 Å². The van der Waals surface area contributed by atoms with E-state index in [1.165, 1.54) is 4.90 Å². The molecule has 0 fully saturated rings. The molecule has 0 aromatic heterocycles. The summed E-state index contributed by atoms with van der Waals surface area (Å²) in [5.41, 5.74) is 1.57. The maximum atomic E-state index is 13.3. The average molecular weight is 479 g/mol. The van der Waals surface area contributed by atoms with Crippen LogP contribution in [0.3, 0.4) is 0 Å². The first-order valence-electron chi connectivity index (χ1n) is 10.7. The number of rotatable bonds is 9. The number of nitrogens with zero attached hydrogens (tertiary/aromatic N) is 1. The molecule has 3 rings (SSSR count). The predicted octanol–water partition coefficient (Wildman–Crippen LogP) is 4.99. The Hall–Kier alpha value is -2.44. The Balaban J connectivity index is 1.77. The minimum Gasteiger partial charge on any atom is -0.454 e. The molecule has 0 bridgehead atoms. The molecule has 1 aliphatic heterocycles. The summed E-state index contributed by atoms with van der Waals surface area (Å²) in [6.45, 7) is 6.00. The highest BCUT2D eigenvalue weighted by Crippen LogP contribution is 2.33. The van der Waals surface area contributed by atoms with Crippen molar-refractivity contribution in [3.63, 3.8) is 0 Å². The van der Waals surface area contributed by atoms with Gasteiger partial charge in [-0.1, -0.05) is 42.3 Å². The number of halogens is 2. The van der Waals surface area contributed by atoms with Crippen LogP contribution < -0.4 is 14.8 Å². The van der Waals surface area contributed by atoms with Crippen molar-refractivity contribution < 1.29 is 19.1 Å². The molecule has 0 unspecified atom stereocenters. The Labute approximate surface area is 198 Å². The molecule has 32 heavy (non-hydrogen) atoms. The van der Waals surface area contributed by atoms with Gasteiger partial charge in [-0.05, 0) is 56.5 Å². The Morgan fingerprint density at radius 3 is 2.47 bits per heavy atom. The number of ether oxygens (including phenoxy) is 2. The fourth-order valence-electron chi connectivity index (χ4n) is 3.39. The Bertz CT molecular complexity index is 962. The summed E-state index contributed by atoms with van der Waals surface area (Å²) in [5.74, 6) is 1.01. The molecule has 0 spiro atoms. The van der Waals surface area contributed by atoms with Crippen LogP contribution in [0.5, 0.6) is 11.5 Å². The zero-order chi connectivity index (χ0) is 23.3. The first-order valence-corrected chi connectivity index (χ1v) is 11.5. The van der Waals surface area contributed by atoms with Crippen molar-refractivity contribution >= 4 is 35.0 Å². The van der Waals surface area contributed by atoms with Crippen molar-refractivity contribution in [1.29, 1.82) is 0 Å². The van der Waals surface area contributed by atoms with Crippen LogP contribution in [0.1, 0.15) is 44.7 Å². The minimum absolute atomic E-state index is 0.0134. The lowest BCUT2D eigenvalue weighted by atomic mass is 10.1. The maximum absolute atomic E-state index is 13.3. The lowest BCUT2D eigenvalue weighted by Gasteiger charge is -2.30. The van der Waals surface area contributed by atoms with Crippen LogP contribution in [-0.2, 0) is 22.6 Å². The van der Waals surface area contributed by atoms with Gasteiger partial charge in [0.25, 0.3) is 0 Å². The maximum Gasteiger partial charge on any atom is 0.242 e. The number of carbonyl (C=O) groups excluding carboxylic acids is 2. The first-order chi connectivity index (χ1) is 15.3. The zero-order valence-electron chi connectivity index (χ0n) is 18.5. The van der Waals surface area contributed by atoms with Crippen LogP contribution >= 0.6 is 23.2 Å². The van der Waals surface area contributed by atoms with Crippen LogP contribution in [0.15, 0.2) is 36.4 Å². The second-order valence-corrected chi connectivity index (χ2v) is 8.72. The molecule has 2 amide bonds. The monoisotopic (exact) mass is 478 g/mol. The molecule has 1 heterocycles. The minimum atomic E-state index is -0.680. The molecule has 0 saturated carbocycles. The van der Waals surface area contributed by atoms with Gasteiger partial charge in [0, 0.05) is 34.6 Å². The molecule has 2 atom stereocenters. The van der Waals surface area contributed by atoms with Crippen molar-refractivity contribution in [2.24, 2.45) is 0 Å². The summed E-state index contributed by atoms with van der Waals surface area (Å²) in [6.07, 6.45) is 1.53. The van der Waals surface area contributed by atoms with Gasteiger partial charge in [0.2, 0.25) is 18.6 Å². The van der Waals surface area contributed by atoms with E-state index in [4.69, 9.17) is 32.7 Å². The van der Waals surface area contributed by atoms with Crippen LogP contribution in [0.25, 0.3) is 0 Å². The van der Waals surface area contributed by atoms with Gasteiger partial charge < -0.3 is 19.7 Å². The molecule has 172 valence electrons. The van der Waals surface area contributed by atoms with E-state index >= 15 is 0 Å². The number of fused-ring (bicyclic) bond motifs is 1. The lowest BCUT2D eigenvalue weighted by molar-refractivity contribution is -0.140. The van der Waals surface area contributed by atoms with Gasteiger partial charge in [-0.15, -0.1) is 0 Å². The standard InChI is InChI=1S/C24H28Cl2N2O4/c1-4-15(2)27-24(30)16(3)28(13-18-19(25)6-5-7-20(18)26)23(29)11-9-17-8-10-21-22(12-17)32-14-31-21/h5-8,10,12,15-16H,4,9,11,13-14H2,1-3H3,(H,27,30)/t15-,16-/m0/s1. The predicted molar refractivity (Wildman–Crippen MR) is 125 cm³/mol. The summed E-state index contributed by atoms with van der Waals surface area (Å²) in [7, 11) is 0.